The van der Waals surface area contributed by atoms with Crippen LogP contribution in [0.15, 0.2) is 61.8 Å². The molecule has 1 atom stereocenters. The fourth-order valence-electron chi connectivity index (χ4n) is 3.63. The first-order valence-corrected chi connectivity index (χ1v) is 10.1. The lowest BCUT2D eigenvalue weighted by Crippen LogP contribution is -2.25. The van der Waals surface area contributed by atoms with Crippen LogP contribution in [0.2, 0.25) is 0 Å². The summed E-state index contributed by atoms with van der Waals surface area (Å²) in [7, 11) is 1.67. The molecule has 0 radical (unpaired) electrons. The maximum absolute atomic E-state index is 5.25. The summed E-state index contributed by atoms with van der Waals surface area (Å²) in [6.07, 6.45) is 4.29. The van der Waals surface area contributed by atoms with Crippen molar-refractivity contribution in [1.29, 1.82) is 0 Å². The van der Waals surface area contributed by atoms with Crippen LogP contribution in [-0.2, 0) is 11.2 Å². The van der Waals surface area contributed by atoms with Gasteiger partial charge in [0.1, 0.15) is 5.76 Å². The number of methoxy groups -OCH3 is 1. The third-order valence-corrected chi connectivity index (χ3v) is 5.40. The molecule has 1 unspecified atom stereocenters. The van der Waals surface area contributed by atoms with E-state index in [4.69, 9.17) is 4.74 Å². The maximum atomic E-state index is 5.25. The van der Waals surface area contributed by atoms with Gasteiger partial charge in [-0.1, -0.05) is 63.4 Å². The third-order valence-electron chi connectivity index (χ3n) is 5.40. The van der Waals surface area contributed by atoms with Crippen LogP contribution in [0.25, 0.3) is 5.76 Å². The van der Waals surface area contributed by atoms with Crippen molar-refractivity contribution < 1.29 is 4.74 Å². The van der Waals surface area contributed by atoms with Crippen molar-refractivity contribution in [1.82, 2.24) is 4.90 Å². The van der Waals surface area contributed by atoms with Gasteiger partial charge in [-0.2, -0.15) is 0 Å². The molecule has 0 aliphatic heterocycles. The minimum atomic E-state index is 0.439. The molecular weight excluding hydrogens is 342 g/mol. The van der Waals surface area contributed by atoms with E-state index in [-0.39, 0.29) is 0 Å². The molecule has 0 aromatic heterocycles. The second-order valence-electron chi connectivity index (χ2n) is 7.95. The van der Waals surface area contributed by atoms with Gasteiger partial charge in [0.25, 0.3) is 0 Å². The van der Waals surface area contributed by atoms with Crippen LogP contribution < -0.4 is 0 Å². The molecule has 1 aliphatic carbocycles. The highest BCUT2D eigenvalue weighted by Crippen LogP contribution is 2.37. The fraction of sp³-hybridized carbons (Fsp3) is 0.385. The molecule has 2 aromatic rings. The van der Waals surface area contributed by atoms with Gasteiger partial charge >= 0.3 is 0 Å². The molecule has 1 aliphatic rings. The Morgan fingerprint density at radius 1 is 1.18 bits per heavy atom. The summed E-state index contributed by atoms with van der Waals surface area (Å²) in [6.45, 7) is 17.7. The molecule has 0 amide bonds. The highest BCUT2D eigenvalue weighted by molar-refractivity contribution is 5.59. The number of hydrogen-bond donors (Lipinski definition) is 0. The lowest BCUT2D eigenvalue weighted by atomic mass is 10.0. The molecular formula is C26H35NO. The average Bonchev–Trinajstić information content (AvgIpc) is 3.11. The van der Waals surface area contributed by atoms with E-state index in [1.165, 1.54) is 22.3 Å². The van der Waals surface area contributed by atoms with Crippen molar-refractivity contribution in [2.45, 2.75) is 46.6 Å². The van der Waals surface area contributed by atoms with Gasteiger partial charge in [0.05, 0.1) is 13.2 Å². The Labute approximate surface area is 171 Å². The van der Waals surface area contributed by atoms with Gasteiger partial charge in [-0.25, -0.2) is 0 Å². The summed E-state index contributed by atoms with van der Waals surface area (Å²) in [5.41, 5.74) is 6.66. The topological polar surface area (TPSA) is 12.5 Å². The van der Waals surface area contributed by atoms with Gasteiger partial charge in [-0.05, 0) is 67.1 Å². The molecule has 0 N–H and O–H groups in total. The van der Waals surface area contributed by atoms with Crippen LogP contribution in [0.3, 0.4) is 0 Å². The van der Waals surface area contributed by atoms with Gasteiger partial charge in [0.2, 0.25) is 0 Å². The van der Waals surface area contributed by atoms with E-state index in [0.717, 1.165) is 30.7 Å². The summed E-state index contributed by atoms with van der Waals surface area (Å²) < 4.78 is 5.25. The van der Waals surface area contributed by atoms with Crippen molar-refractivity contribution in [2.75, 3.05) is 13.7 Å². The second kappa shape index (κ2) is 10.2. The van der Waals surface area contributed by atoms with Crippen molar-refractivity contribution in [3.63, 3.8) is 0 Å². The standard InChI is InChI=1S/C18H25NO.C8H10/c1-6-19(12-13(2)3)18-10-9-15-7-8-16(11-17(15)18)14(4)20-5;1-7-5-3-4-6-8(7)2/h6-8,11,13,18H,1,4,9-10,12H2,2-3,5H3;3-6H,1-2H3. The van der Waals surface area contributed by atoms with Gasteiger partial charge in [0, 0.05) is 12.1 Å². The Morgan fingerprint density at radius 3 is 2.32 bits per heavy atom. The predicted octanol–water partition coefficient (Wildman–Crippen LogP) is 6.70. The Balaban J connectivity index is 0.000000292. The quantitative estimate of drug-likeness (QED) is 0.520. The average molecular weight is 378 g/mol. The molecule has 0 fully saturated rings. The zero-order chi connectivity index (χ0) is 20.7. The number of aryl methyl sites for hydroxylation is 3. The zero-order valence-corrected chi connectivity index (χ0v) is 18.2. The number of fused-ring (bicyclic) bond motifs is 1. The predicted molar refractivity (Wildman–Crippen MR) is 121 cm³/mol. The van der Waals surface area contributed by atoms with Gasteiger partial charge in [0.15, 0.2) is 0 Å². The lowest BCUT2D eigenvalue weighted by Gasteiger charge is -2.30. The Hall–Kier alpha value is -2.48. The molecule has 3 rings (SSSR count). The van der Waals surface area contributed by atoms with Crippen molar-refractivity contribution in [3.05, 3.63) is 89.6 Å². The second-order valence-corrected chi connectivity index (χ2v) is 7.95. The number of rotatable bonds is 6. The first-order chi connectivity index (χ1) is 13.4. The molecule has 0 saturated heterocycles. The summed E-state index contributed by atoms with van der Waals surface area (Å²) in [4.78, 5) is 2.37. The van der Waals surface area contributed by atoms with Crippen LogP contribution in [-0.4, -0.2) is 18.6 Å². The molecule has 2 heteroatoms. The molecule has 2 aromatic carbocycles. The van der Waals surface area contributed by atoms with Gasteiger partial charge in [-0.15, -0.1) is 0 Å². The SMILES string of the molecule is C=CN(CC(C)C)C1CCc2ccc(C(=C)OC)cc21.Cc1ccccc1C. The molecule has 0 saturated carbocycles. The van der Waals surface area contributed by atoms with E-state index in [9.17, 15) is 0 Å². The molecule has 0 heterocycles. The molecule has 150 valence electrons. The summed E-state index contributed by atoms with van der Waals surface area (Å²) in [6, 6.07) is 15.3. The van der Waals surface area contributed by atoms with Crippen LogP contribution in [0.4, 0.5) is 0 Å². The van der Waals surface area contributed by atoms with Crippen LogP contribution in [0, 0.1) is 19.8 Å². The van der Waals surface area contributed by atoms with E-state index >= 15 is 0 Å². The monoisotopic (exact) mass is 377 g/mol. The Morgan fingerprint density at radius 2 is 1.82 bits per heavy atom. The van der Waals surface area contributed by atoms with Gasteiger partial charge in [-0.3, -0.25) is 0 Å². The Kier molecular flexibility index (Phi) is 7.92. The Bertz CT molecular complexity index is 785. The number of ether oxygens (including phenoxy) is 1. The smallest absolute Gasteiger partial charge is 0.118 e. The summed E-state index contributed by atoms with van der Waals surface area (Å²) in [5.74, 6) is 1.36. The van der Waals surface area contributed by atoms with E-state index in [0.29, 0.717) is 12.0 Å². The molecule has 2 nitrogen and oxygen atoms in total. The van der Waals surface area contributed by atoms with E-state index < -0.39 is 0 Å². The molecule has 0 spiro atoms. The van der Waals surface area contributed by atoms with Crippen LogP contribution >= 0.6 is 0 Å². The summed E-state index contributed by atoms with van der Waals surface area (Å²) in [5, 5.41) is 0. The zero-order valence-electron chi connectivity index (χ0n) is 18.2. The highest BCUT2D eigenvalue weighted by atomic mass is 16.5. The lowest BCUT2D eigenvalue weighted by molar-refractivity contribution is 0.251. The molecule has 28 heavy (non-hydrogen) atoms. The van der Waals surface area contributed by atoms with Gasteiger partial charge < -0.3 is 9.64 Å². The first-order valence-electron chi connectivity index (χ1n) is 10.1. The normalized spacial score (nSPS) is 14.7. The molecule has 0 bridgehead atoms. The van der Waals surface area contributed by atoms with E-state index in [2.05, 4.69) is 88.2 Å². The number of hydrogen-bond acceptors (Lipinski definition) is 2. The van der Waals surface area contributed by atoms with Crippen LogP contribution in [0.5, 0.6) is 0 Å². The first kappa shape index (κ1) is 21.8. The largest absolute Gasteiger partial charge is 0.497 e. The van der Waals surface area contributed by atoms with Crippen LogP contribution in [0.1, 0.15) is 54.1 Å². The summed E-state index contributed by atoms with van der Waals surface area (Å²) >= 11 is 0. The van der Waals surface area contributed by atoms with Crippen molar-refractivity contribution in [2.24, 2.45) is 5.92 Å². The number of nitrogens with zero attached hydrogens (tertiary/aromatic N) is 1. The minimum absolute atomic E-state index is 0.439. The van der Waals surface area contributed by atoms with E-state index in [1.807, 2.05) is 6.20 Å². The van der Waals surface area contributed by atoms with Crippen molar-refractivity contribution >= 4 is 5.76 Å². The highest BCUT2D eigenvalue weighted by Gasteiger charge is 2.27. The van der Waals surface area contributed by atoms with Crippen molar-refractivity contribution in [3.8, 4) is 0 Å². The fourth-order valence-corrected chi connectivity index (χ4v) is 3.63. The third kappa shape index (κ3) is 5.51. The minimum Gasteiger partial charge on any atom is -0.497 e. The van der Waals surface area contributed by atoms with E-state index in [1.54, 1.807) is 7.11 Å². The number of benzene rings is 2. The maximum Gasteiger partial charge on any atom is 0.118 e.